The Balaban J connectivity index is 1.96. The van der Waals surface area contributed by atoms with Gasteiger partial charge in [0, 0.05) is 20.1 Å². The zero-order chi connectivity index (χ0) is 18.6. The van der Waals surface area contributed by atoms with E-state index < -0.39 is 10.0 Å². The molecule has 0 atom stereocenters. The first-order valence-corrected chi connectivity index (χ1v) is 9.33. The number of hydrogen-bond donors (Lipinski definition) is 2. The lowest BCUT2D eigenvalue weighted by Gasteiger charge is -2.19. The zero-order valence-electron chi connectivity index (χ0n) is 14.3. The van der Waals surface area contributed by atoms with Gasteiger partial charge in [-0.1, -0.05) is 12.1 Å². The van der Waals surface area contributed by atoms with Crippen LogP contribution in [0.1, 0.15) is 18.9 Å². The van der Waals surface area contributed by atoms with E-state index in [-0.39, 0.29) is 35.5 Å². The van der Waals surface area contributed by atoms with Gasteiger partial charge in [0.05, 0.1) is 17.9 Å². The molecule has 1 aliphatic rings. The van der Waals surface area contributed by atoms with Crippen molar-refractivity contribution in [3.63, 3.8) is 0 Å². The maximum absolute atomic E-state index is 12.6. The molecule has 1 fully saturated rings. The van der Waals surface area contributed by atoms with Crippen LogP contribution in [0.15, 0.2) is 29.2 Å². The molecule has 25 heavy (non-hydrogen) atoms. The van der Waals surface area contributed by atoms with Gasteiger partial charge in [-0.3, -0.25) is 15.0 Å². The minimum absolute atomic E-state index is 0.0303. The fourth-order valence-electron chi connectivity index (χ4n) is 2.47. The van der Waals surface area contributed by atoms with E-state index in [4.69, 9.17) is 5.41 Å². The van der Waals surface area contributed by atoms with Gasteiger partial charge in [-0.15, -0.1) is 0 Å². The molecule has 8 nitrogen and oxygen atoms in total. The van der Waals surface area contributed by atoms with Crippen molar-refractivity contribution in [3.05, 3.63) is 29.8 Å². The molecule has 0 unspecified atom stereocenters. The number of likely N-dealkylation sites (N-methyl/N-ethyl adjacent to an activating group) is 1. The van der Waals surface area contributed by atoms with Crippen LogP contribution in [0.5, 0.6) is 0 Å². The highest BCUT2D eigenvalue weighted by atomic mass is 32.2. The first-order chi connectivity index (χ1) is 11.7. The van der Waals surface area contributed by atoms with Crippen molar-refractivity contribution in [1.82, 2.24) is 14.5 Å². The summed E-state index contributed by atoms with van der Waals surface area (Å²) >= 11 is 0. The Morgan fingerprint density at radius 2 is 1.84 bits per heavy atom. The number of Topliss-reactive ketones (excluding diaryl/α,β-unsaturated/α-hetero) is 1. The molecule has 0 saturated carbocycles. The summed E-state index contributed by atoms with van der Waals surface area (Å²) in [6.07, 6.45) is 0.402. The Labute approximate surface area is 147 Å². The van der Waals surface area contributed by atoms with E-state index >= 15 is 0 Å². The predicted molar refractivity (Wildman–Crippen MR) is 92.7 cm³/mol. The first-order valence-electron chi connectivity index (χ1n) is 7.89. The van der Waals surface area contributed by atoms with Gasteiger partial charge in [-0.05, 0) is 31.0 Å². The summed E-state index contributed by atoms with van der Waals surface area (Å²) in [5.41, 5.74) is 0.871. The van der Waals surface area contributed by atoms with Crippen molar-refractivity contribution in [2.75, 3.05) is 26.7 Å². The number of hydrogen-bond acceptors (Lipinski definition) is 5. The molecule has 2 rings (SSSR count). The Bertz CT molecular complexity index is 774. The molecule has 2 N–H and O–H groups in total. The van der Waals surface area contributed by atoms with Gasteiger partial charge in [0.15, 0.2) is 0 Å². The number of nitrogens with zero attached hydrogens (tertiary/aromatic N) is 2. The topological polar surface area (TPSA) is 111 Å². The molecule has 0 spiro atoms. The third-order valence-electron chi connectivity index (χ3n) is 3.89. The Kier molecular flexibility index (Phi) is 5.78. The largest absolute Gasteiger partial charge is 0.355 e. The summed E-state index contributed by atoms with van der Waals surface area (Å²) < 4.78 is 26.2. The van der Waals surface area contributed by atoms with Crippen LogP contribution in [0, 0.1) is 5.41 Å². The maximum Gasteiger partial charge on any atom is 0.266 e. The van der Waals surface area contributed by atoms with Gasteiger partial charge in [0.25, 0.3) is 10.0 Å². The van der Waals surface area contributed by atoms with E-state index in [0.29, 0.717) is 19.5 Å². The van der Waals surface area contributed by atoms with Crippen LogP contribution in [0.2, 0.25) is 0 Å². The molecule has 1 heterocycles. The molecule has 0 radical (unpaired) electrons. The standard InChI is InChI=1S/C16H22N4O4S/c1-12(21)11-15(22)18-8-7-13-3-5-14(6-4-13)25(23,24)20-10-9-19(2)16(20)17/h3-6,17H,7-11H2,1-2H3,(H,18,22). The van der Waals surface area contributed by atoms with Crippen LogP contribution in [0.25, 0.3) is 0 Å². The number of ketones is 1. The van der Waals surface area contributed by atoms with Gasteiger partial charge in [-0.2, -0.15) is 0 Å². The van der Waals surface area contributed by atoms with Crippen molar-refractivity contribution >= 4 is 27.7 Å². The monoisotopic (exact) mass is 366 g/mol. The van der Waals surface area contributed by atoms with E-state index in [0.717, 1.165) is 9.87 Å². The van der Waals surface area contributed by atoms with Gasteiger partial charge in [0.2, 0.25) is 11.9 Å². The smallest absolute Gasteiger partial charge is 0.266 e. The number of benzene rings is 1. The van der Waals surface area contributed by atoms with Crippen molar-refractivity contribution in [1.29, 1.82) is 5.41 Å². The molecular weight excluding hydrogens is 344 g/mol. The minimum atomic E-state index is -3.73. The van der Waals surface area contributed by atoms with E-state index in [1.165, 1.54) is 19.1 Å². The number of guanidine groups is 1. The normalized spacial score (nSPS) is 14.7. The highest BCUT2D eigenvalue weighted by Gasteiger charge is 2.33. The van der Waals surface area contributed by atoms with Gasteiger partial charge >= 0.3 is 0 Å². The molecule has 1 aromatic carbocycles. The predicted octanol–water partition coefficient (Wildman–Crippen LogP) is 0.195. The molecule has 9 heteroatoms. The summed E-state index contributed by atoms with van der Waals surface area (Å²) in [4.78, 5) is 23.9. The van der Waals surface area contributed by atoms with Crippen molar-refractivity contribution in [2.24, 2.45) is 0 Å². The number of carbonyl (C=O) groups excluding carboxylic acids is 2. The highest BCUT2D eigenvalue weighted by Crippen LogP contribution is 2.20. The second-order valence-corrected chi connectivity index (χ2v) is 7.81. The summed E-state index contributed by atoms with van der Waals surface area (Å²) in [5.74, 6) is -0.536. The first kappa shape index (κ1) is 18.9. The molecule has 0 aliphatic carbocycles. The van der Waals surface area contributed by atoms with E-state index in [2.05, 4.69) is 5.32 Å². The summed E-state index contributed by atoms with van der Waals surface area (Å²) in [7, 11) is -2.04. The Morgan fingerprint density at radius 3 is 2.36 bits per heavy atom. The van der Waals surface area contributed by atoms with E-state index in [1.54, 1.807) is 24.1 Å². The molecule has 1 aromatic rings. The van der Waals surface area contributed by atoms with Crippen LogP contribution >= 0.6 is 0 Å². The number of nitrogens with one attached hydrogen (secondary N) is 2. The average Bonchev–Trinajstić information content (AvgIpc) is 2.87. The van der Waals surface area contributed by atoms with E-state index in [9.17, 15) is 18.0 Å². The summed E-state index contributed by atoms with van der Waals surface area (Å²) in [6, 6.07) is 6.39. The van der Waals surface area contributed by atoms with Crippen molar-refractivity contribution in [3.8, 4) is 0 Å². The quantitative estimate of drug-likeness (QED) is 0.670. The molecule has 136 valence electrons. The lowest BCUT2D eigenvalue weighted by Crippen LogP contribution is -2.35. The van der Waals surface area contributed by atoms with Crippen molar-refractivity contribution < 1.29 is 18.0 Å². The number of carbonyl (C=O) groups is 2. The fourth-order valence-corrected chi connectivity index (χ4v) is 3.89. The van der Waals surface area contributed by atoms with Crippen LogP contribution in [-0.2, 0) is 26.0 Å². The van der Waals surface area contributed by atoms with Gasteiger partial charge in [0.1, 0.15) is 5.78 Å². The van der Waals surface area contributed by atoms with Crippen molar-refractivity contribution in [2.45, 2.75) is 24.7 Å². The van der Waals surface area contributed by atoms with Crippen LogP contribution in [0.3, 0.4) is 0 Å². The SMILES string of the molecule is CC(=O)CC(=O)NCCc1ccc(S(=O)(=O)N2CCN(C)C2=N)cc1. The molecule has 0 bridgehead atoms. The number of sulfonamides is 1. The average molecular weight is 366 g/mol. The minimum Gasteiger partial charge on any atom is -0.355 e. The highest BCUT2D eigenvalue weighted by molar-refractivity contribution is 7.89. The Hall–Kier alpha value is -2.42. The van der Waals surface area contributed by atoms with Gasteiger partial charge in [-0.25, -0.2) is 12.7 Å². The summed E-state index contributed by atoms with van der Waals surface area (Å²) in [6.45, 7) is 2.49. The summed E-state index contributed by atoms with van der Waals surface area (Å²) in [5, 5.41) is 10.5. The van der Waals surface area contributed by atoms with Crippen LogP contribution in [-0.4, -0.2) is 62.0 Å². The maximum atomic E-state index is 12.6. The lowest BCUT2D eigenvalue weighted by molar-refractivity contribution is -0.127. The lowest BCUT2D eigenvalue weighted by atomic mass is 10.1. The third-order valence-corrected chi connectivity index (χ3v) is 5.70. The second kappa shape index (κ2) is 7.64. The molecular formula is C16H22N4O4S. The second-order valence-electron chi connectivity index (χ2n) is 5.95. The van der Waals surface area contributed by atoms with Crippen LogP contribution in [0.4, 0.5) is 0 Å². The molecule has 0 aromatic heterocycles. The molecule has 1 saturated heterocycles. The fraction of sp³-hybridized carbons (Fsp3) is 0.438. The molecule has 1 amide bonds. The van der Waals surface area contributed by atoms with Gasteiger partial charge < -0.3 is 10.2 Å². The number of amides is 1. The third kappa shape index (κ3) is 4.56. The Morgan fingerprint density at radius 1 is 1.20 bits per heavy atom. The number of rotatable bonds is 7. The van der Waals surface area contributed by atoms with Crippen LogP contribution < -0.4 is 5.32 Å². The zero-order valence-corrected chi connectivity index (χ0v) is 15.1. The van der Waals surface area contributed by atoms with E-state index in [1.807, 2.05) is 0 Å². The molecule has 1 aliphatic heterocycles.